The fourth-order valence-electron chi connectivity index (χ4n) is 1.26. The Balaban J connectivity index is 0.000000315. The summed E-state index contributed by atoms with van der Waals surface area (Å²) in [5, 5.41) is 24.0. The van der Waals surface area contributed by atoms with Gasteiger partial charge in [0.1, 0.15) is 6.10 Å². The maximum Gasteiger partial charge on any atom is 0.348 e. The van der Waals surface area contributed by atoms with Gasteiger partial charge in [-0.2, -0.15) is 0 Å². The number of fused-ring (bicyclic) bond motifs is 1. The van der Waals surface area contributed by atoms with Crippen molar-refractivity contribution in [3.05, 3.63) is 29.0 Å². The monoisotopic (exact) mass is 552 g/mol. The van der Waals surface area contributed by atoms with Gasteiger partial charge < -0.3 is 20.1 Å². The SMILES string of the molecule is O=C1OC(=O)c2c(Br)c(Br)c(Br)c(Br)c21.OCC(O)CO. The van der Waals surface area contributed by atoms with E-state index in [2.05, 4.69) is 68.5 Å². The highest BCUT2D eigenvalue weighted by molar-refractivity contribution is 9.15. The van der Waals surface area contributed by atoms with Gasteiger partial charge >= 0.3 is 11.9 Å². The van der Waals surface area contributed by atoms with Crippen molar-refractivity contribution in [3.8, 4) is 0 Å². The Morgan fingerprint density at radius 1 is 0.810 bits per heavy atom. The first-order valence-electron chi connectivity index (χ1n) is 5.28. The van der Waals surface area contributed by atoms with Gasteiger partial charge in [-0.3, -0.25) is 0 Å². The molecule has 1 aliphatic heterocycles. The number of esters is 2. The number of carbonyl (C=O) groups excluding carboxylic acids is 2. The molecule has 0 bridgehead atoms. The van der Waals surface area contributed by atoms with Gasteiger partial charge in [0.25, 0.3) is 0 Å². The number of cyclic esters (lactones) is 2. The summed E-state index contributed by atoms with van der Waals surface area (Å²) in [4.78, 5) is 22.8. The topological polar surface area (TPSA) is 104 Å². The standard InChI is InChI=1S/C8Br4O3.C3H8O3/c9-3-1-2(8(14)15-7(1)13)4(10)6(12)5(3)11;4-1-3(6)2-5/h;3-6H,1-2H2. The molecule has 0 radical (unpaired) electrons. The fraction of sp³-hybridized carbons (Fsp3) is 0.273. The molecular formula is C11H8Br4O6. The molecule has 0 amide bonds. The van der Waals surface area contributed by atoms with Gasteiger partial charge in [-0.05, 0) is 63.7 Å². The molecule has 0 fully saturated rings. The summed E-state index contributed by atoms with van der Waals surface area (Å²) in [5.74, 6) is -1.29. The fourth-order valence-corrected chi connectivity index (χ4v) is 3.70. The van der Waals surface area contributed by atoms with Crippen LogP contribution in [0.1, 0.15) is 20.7 Å². The molecule has 1 aromatic rings. The van der Waals surface area contributed by atoms with Crippen LogP contribution in [0.4, 0.5) is 0 Å². The average Bonchev–Trinajstić information content (AvgIpc) is 2.77. The zero-order chi connectivity index (χ0) is 16.3. The van der Waals surface area contributed by atoms with E-state index in [1.54, 1.807) is 0 Å². The molecule has 6 nitrogen and oxygen atoms in total. The lowest BCUT2D eigenvalue weighted by Crippen LogP contribution is -2.15. The lowest BCUT2D eigenvalue weighted by atomic mass is 10.1. The largest absolute Gasteiger partial charge is 0.394 e. The predicted molar refractivity (Wildman–Crippen MR) is 87.2 cm³/mol. The second kappa shape index (κ2) is 8.14. The van der Waals surface area contributed by atoms with Crippen LogP contribution in [0.25, 0.3) is 0 Å². The van der Waals surface area contributed by atoms with Crippen LogP contribution in [0.5, 0.6) is 0 Å². The summed E-state index contributed by atoms with van der Waals surface area (Å²) in [6.07, 6.45) is -0.954. The summed E-state index contributed by atoms with van der Waals surface area (Å²) >= 11 is 13.0. The molecule has 116 valence electrons. The smallest absolute Gasteiger partial charge is 0.348 e. The Morgan fingerprint density at radius 2 is 1.14 bits per heavy atom. The first kappa shape index (κ1) is 19.2. The summed E-state index contributed by atoms with van der Waals surface area (Å²) in [5.41, 5.74) is 0.476. The van der Waals surface area contributed by atoms with E-state index < -0.39 is 18.0 Å². The van der Waals surface area contributed by atoms with E-state index in [9.17, 15) is 9.59 Å². The molecular weight excluding hydrogens is 548 g/mol. The van der Waals surface area contributed by atoms with Gasteiger partial charge in [0, 0.05) is 17.9 Å². The van der Waals surface area contributed by atoms with Crippen LogP contribution in [0.15, 0.2) is 17.9 Å². The number of ether oxygens (including phenoxy) is 1. The second-order valence-electron chi connectivity index (χ2n) is 3.70. The predicted octanol–water partition coefficient (Wildman–Crippen LogP) is 2.38. The zero-order valence-electron chi connectivity index (χ0n) is 10.1. The number of benzene rings is 1. The van der Waals surface area contributed by atoms with Gasteiger partial charge in [0.2, 0.25) is 0 Å². The van der Waals surface area contributed by atoms with Crippen molar-refractivity contribution < 1.29 is 29.6 Å². The van der Waals surface area contributed by atoms with E-state index >= 15 is 0 Å². The first-order valence-corrected chi connectivity index (χ1v) is 8.45. The second-order valence-corrected chi connectivity index (χ2v) is 6.87. The Kier molecular flexibility index (Phi) is 7.44. The number of halogens is 4. The van der Waals surface area contributed by atoms with Crippen molar-refractivity contribution in [2.75, 3.05) is 13.2 Å². The molecule has 21 heavy (non-hydrogen) atoms. The van der Waals surface area contributed by atoms with Crippen LogP contribution in [0, 0.1) is 0 Å². The van der Waals surface area contributed by atoms with Gasteiger partial charge in [-0.1, -0.05) is 0 Å². The van der Waals surface area contributed by atoms with Crippen LogP contribution < -0.4 is 0 Å². The average molecular weight is 556 g/mol. The minimum absolute atomic E-state index is 0.238. The molecule has 2 rings (SSSR count). The third-order valence-corrected chi connectivity index (χ3v) is 7.05. The van der Waals surface area contributed by atoms with Crippen LogP contribution in [0.3, 0.4) is 0 Å². The number of aliphatic hydroxyl groups is 3. The normalized spacial score (nSPS) is 13.0. The molecule has 10 heteroatoms. The van der Waals surface area contributed by atoms with Gasteiger partial charge in [0.05, 0.1) is 24.3 Å². The van der Waals surface area contributed by atoms with Crippen LogP contribution in [-0.4, -0.2) is 46.6 Å². The molecule has 3 N–H and O–H groups in total. The van der Waals surface area contributed by atoms with E-state index in [-0.39, 0.29) is 24.3 Å². The lowest BCUT2D eigenvalue weighted by Gasteiger charge is -2.06. The third-order valence-electron chi connectivity index (χ3n) is 2.28. The maximum atomic E-state index is 11.4. The molecule has 0 spiro atoms. The Bertz CT molecular complexity index is 540. The van der Waals surface area contributed by atoms with Gasteiger partial charge in [-0.25, -0.2) is 9.59 Å². The van der Waals surface area contributed by atoms with Crippen molar-refractivity contribution in [2.45, 2.75) is 6.10 Å². The number of hydrogen-bond donors (Lipinski definition) is 3. The molecule has 0 saturated carbocycles. The summed E-state index contributed by atoms with van der Waals surface area (Å²) in [6, 6.07) is 0. The van der Waals surface area contributed by atoms with Crippen molar-refractivity contribution in [3.63, 3.8) is 0 Å². The third kappa shape index (κ3) is 4.12. The van der Waals surface area contributed by atoms with Crippen LogP contribution in [-0.2, 0) is 4.74 Å². The molecule has 0 aliphatic carbocycles. The minimum atomic E-state index is -0.954. The minimum Gasteiger partial charge on any atom is -0.394 e. The molecule has 1 aromatic carbocycles. The zero-order valence-corrected chi connectivity index (χ0v) is 16.4. The van der Waals surface area contributed by atoms with Crippen LogP contribution in [0.2, 0.25) is 0 Å². The quantitative estimate of drug-likeness (QED) is 0.224. The summed E-state index contributed by atoms with van der Waals surface area (Å²) < 4.78 is 6.84. The Labute approximate surface area is 153 Å². The molecule has 1 aliphatic rings. The van der Waals surface area contributed by atoms with Crippen molar-refractivity contribution in [1.82, 2.24) is 0 Å². The van der Waals surface area contributed by atoms with E-state index in [1.165, 1.54) is 0 Å². The summed E-state index contributed by atoms with van der Waals surface area (Å²) in [6.45, 7) is -0.729. The number of rotatable bonds is 2. The highest BCUT2D eigenvalue weighted by atomic mass is 79.9. The van der Waals surface area contributed by atoms with Crippen molar-refractivity contribution in [2.24, 2.45) is 0 Å². The maximum absolute atomic E-state index is 11.4. The highest BCUT2D eigenvalue weighted by Gasteiger charge is 2.36. The molecule has 1 heterocycles. The Morgan fingerprint density at radius 3 is 1.38 bits per heavy atom. The Hall–Kier alpha value is 0.160. The number of aliphatic hydroxyl groups excluding tert-OH is 3. The molecule has 0 unspecified atom stereocenters. The van der Waals surface area contributed by atoms with E-state index in [1.807, 2.05) is 0 Å². The molecule has 0 saturated heterocycles. The van der Waals surface area contributed by atoms with Gasteiger partial charge in [0.15, 0.2) is 0 Å². The van der Waals surface area contributed by atoms with Crippen molar-refractivity contribution >= 4 is 75.7 Å². The number of carbonyl (C=O) groups is 2. The number of hydrogen-bond acceptors (Lipinski definition) is 6. The highest BCUT2D eigenvalue weighted by Crippen LogP contribution is 2.44. The van der Waals surface area contributed by atoms with Crippen molar-refractivity contribution in [1.29, 1.82) is 0 Å². The molecule has 0 aromatic heterocycles. The summed E-state index contributed by atoms with van der Waals surface area (Å²) in [7, 11) is 0. The van der Waals surface area contributed by atoms with Gasteiger partial charge in [-0.15, -0.1) is 0 Å². The lowest BCUT2D eigenvalue weighted by molar-refractivity contribution is 0.0443. The molecule has 0 atom stereocenters. The van der Waals surface area contributed by atoms with E-state index in [0.29, 0.717) is 17.9 Å². The first-order chi connectivity index (χ1) is 9.76. The van der Waals surface area contributed by atoms with E-state index in [0.717, 1.165) is 0 Å². The van der Waals surface area contributed by atoms with Crippen LogP contribution >= 0.6 is 63.7 Å². The van der Waals surface area contributed by atoms with E-state index in [4.69, 9.17) is 15.3 Å².